The van der Waals surface area contributed by atoms with Crippen LogP contribution in [0.15, 0.2) is 0 Å². The molecule has 2 atom stereocenters. The predicted octanol–water partition coefficient (Wildman–Crippen LogP) is 2.27. The minimum absolute atomic E-state index is 0.118. The second-order valence-electron chi connectivity index (χ2n) is 5.54. The Labute approximate surface area is 109 Å². The molecule has 2 rings (SSSR count). The topological polar surface area (TPSA) is 49.8 Å². The zero-order chi connectivity index (χ0) is 13.0. The van der Waals surface area contributed by atoms with Crippen LogP contribution < -0.4 is 0 Å². The molecule has 0 aromatic carbocycles. The van der Waals surface area contributed by atoms with Gasteiger partial charge in [-0.15, -0.1) is 0 Å². The number of rotatable bonds is 5. The first kappa shape index (κ1) is 13.8. The lowest BCUT2D eigenvalue weighted by Crippen LogP contribution is -2.41. The molecule has 1 heterocycles. The molecule has 0 aromatic rings. The van der Waals surface area contributed by atoms with E-state index in [9.17, 15) is 4.79 Å². The Morgan fingerprint density at radius 2 is 1.94 bits per heavy atom. The Kier molecular flexibility index (Phi) is 5.01. The van der Waals surface area contributed by atoms with E-state index in [0.717, 1.165) is 19.5 Å². The van der Waals surface area contributed by atoms with Crippen molar-refractivity contribution in [3.05, 3.63) is 0 Å². The van der Waals surface area contributed by atoms with Crippen LogP contribution >= 0.6 is 0 Å². The maximum absolute atomic E-state index is 10.9. The van der Waals surface area contributed by atoms with Gasteiger partial charge in [-0.05, 0) is 32.2 Å². The van der Waals surface area contributed by atoms with Crippen LogP contribution in [0.1, 0.15) is 51.9 Å². The summed E-state index contributed by atoms with van der Waals surface area (Å²) in [5.41, 5.74) is 0. The van der Waals surface area contributed by atoms with Crippen LogP contribution in [-0.4, -0.2) is 47.3 Å². The van der Waals surface area contributed by atoms with Gasteiger partial charge in [0.2, 0.25) is 0 Å². The Bertz CT molecular complexity index is 276. The van der Waals surface area contributed by atoms with Gasteiger partial charge in [-0.2, -0.15) is 0 Å². The number of aliphatic carboxylic acids is 1. The van der Waals surface area contributed by atoms with Gasteiger partial charge in [-0.3, -0.25) is 4.90 Å². The fraction of sp³-hybridized carbons (Fsp3) is 0.929. The van der Waals surface area contributed by atoms with E-state index < -0.39 is 12.1 Å². The van der Waals surface area contributed by atoms with Crippen LogP contribution in [0.2, 0.25) is 0 Å². The van der Waals surface area contributed by atoms with E-state index in [1.54, 1.807) is 0 Å². The second kappa shape index (κ2) is 6.53. The van der Waals surface area contributed by atoms with Crippen molar-refractivity contribution in [2.75, 3.05) is 13.1 Å². The van der Waals surface area contributed by atoms with Gasteiger partial charge in [0.1, 0.15) is 0 Å². The molecule has 0 aromatic heterocycles. The maximum Gasteiger partial charge on any atom is 0.332 e. The molecule has 2 unspecified atom stereocenters. The Morgan fingerprint density at radius 3 is 2.50 bits per heavy atom. The van der Waals surface area contributed by atoms with Crippen LogP contribution in [0.3, 0.4) is 0 Å². The highest BCUT2D eigenvalue weighted by Gasteiger charge is 2.32. The molecule has 1 N–H and O–H groups in total. The average molecular weight is 255 g/mol. The summed E-state index contributed by atoms with van der Waals surface area (Å²) < 4.78 is 5.60. The standard InChI is InChI=1S/C14H25NO3/c1-2-15(11-6-4-3-5-7-11)10-12-8-9-13(18-12)14(16)17/h11-13H,2-10H2,1H3,(H,16,17). The number of nitrogens with zero attached hydrogens (tertiary/aromatic N) is 1. The average Bonchev–Trinajstić information content (AvgIpc) is 2.86. The third-order valence-corrected chi connectivity index (χ3v) is 4.32. The zero-order valence-corrected chi connectivity index (χ0v) is 11.3. The Hall–Kier alpha value is -0.610. The van der Waals surface area contributed by atoms with Crippen molar-refractivity contribution < 1.29 is 14.6 Å². The van der Waals surface area contributed by atoms with Gasteiger partial charge in [0, 0.05) is 12.6 Å². The molecule has 0 radical (unpaired) electrons. The van der Waals surface area contributed by atoms with Crippen molar-refractivity contribution in [3.8, 4) is 0 Å². The summed E-state index contributed by atoms with van der Waals surface area (Å²) in [5, 5.41) is 8.93. The van der Waals surface area contributed by atoms with Gasteiger partial charge in [0.25, 0.3) is 0 Å². The first-order valence-corrected chi connectivity index (χ1v) is 7.33. The highest BCUT2D eigenvalue weighted by Crippen LogP contribution is 2.26. The summed E-state index contributed by atoms with van der Waals surface area (Å²) in [6.45, 7) is 4.14. The predicted molar refractivity (Wildman–Crippen MR) is 69.7 cm³/mol. The number of hydrogen-bond donors (Lipinski definition) is 1. The SMILES string of the molecule is CCN(CC1CCC(C(=O)O)O1)C1CCCCC1. The number of carbonyl (C=O) groups is 1. The molecule has 0 bridgehead atoms. The largest absolute Gasteiger partial charge is 0.479 e. The van der Waals surface area contributed by atoms with Gasteiger partial charge >= 0.3 is 5.97 Å². The molecule has 1 saturated heterocycles. The number of hydrogen-bond acceptors (Lipinski definition) is 3. The van der Waals surface area contributed by atoms with Gasteiger partial charge in [0.05, 0.1) is 6.10 Å². The minimum Gasteiger partial charge on any atom is -0.479 e. The van der Waals surface area contributed by atoms with E-state index in [0.29, 0.717) is 12.5 Å². The summed E-state index contributed by atoms with van der Waals surface area (Å²) in [4.78, 5) is 13.4. The fourth-order valence-corrected chi connectivity index (χ4v) is 3.27. The minimum atomic E-state index is -0.807. The van der Waals surface area contributed by atoms with Gasteiger partial charge in [-0.1, -0.05) is 26.2 Å². The van der Waals surface area contributed by atoms with Crippen molar-refractivity contribution in [3.63, 3.8) is 0 Å². The number of likely N-dealkylation sites (N-methyl/N-ethyl adjacent to an activating group) is 1. The van der Waals surface area contributed by atoms with Crippen LogP contribution in [0.5, 0.6) is 0 Å². The van der Waals surface area contributed by atoms with Crippen molar-refractivity contribution in [2.24, 2.45) is 0 Å². The van der Waals surface area contributed by atoms with Crippen molar-refractivity contribution in [2.45, 2.75) is 70.1 Å². The highest BCUT2D eigenvalue weighted by atomic mass is 16.5. The molecule has 2 fully saturated rings. The fourth-order valence-electron chi connectivity index (χ4n) is 3.27. The highest BCUT2D eigenvalue weighted by molar-refractivity contribution is 5.72. The van der Waals surface area contributed by atoms with E-state index in [-0.39, 0.29) is 6.10 Å². The Morgan fingerprint density at radius 1 is 1.22 bits per heavy atom. The number of carboxylic acids is 1. The van der Waals surface area contributed by atoms with E-state index in [4.69, 9.17) is 9.84 Å². The lowest BCUT2D eigenvalue weighted by molar-refractivity contribution is -0.149. The van der Waals surface area contributed by atoms with Gasteiger partial charge < -0.3 is 9.84 Å². The third kappa shape index (κ3) is 3.45. The van der Waals surface area contributed by atoms with Crippen LogP contribution in [0.25, 0.3) is 0 Å². The quantitative estimate of drug-likeness (QED) is 0.818. The molecule has 18 heavy (non-hydrogen) atoms. The first-order chi connectivity index (χ1) is 8.70. The third-order valence-electron chi connectivity index (χ3n) is 4.32. The summed E-state index contributed by atoms with van der Waals surface area (Å²) >= 11 is 0. The van der Waals surface area contributed by atoms with Crippen LogP contribution in [0.4, 0.5) is 0 Å². The number of ether oxygens (including phenoxy) is 1. The van der Waals surface area contributed by atoms with Gasteiger partial charge in [-0.25, -0.2) is 4.79 Å². The second-order valence-corrected chi connectivity index (χ2v) is 5.54. The lowest BCUT2D eigenvalue weighted by Gasteiger charge is -2.35. The van der Waals surface area contributed by atoms with Crippen molar-refractivity contribution >= 4 is 5.97 Å². The molecule has 0 spiro atoms. The summed E-state index contributed by atoms with van der Waals surface area (Å²) in [6, 6.07) is 0.691. The molecular weight excluding hydrogens is 230 g/mol. The van der Waals surface area contributed by atoms with Crippen LogP contribution in [0, 0.1) is 0 Å². The molecular formula is C14H25NO3. The summed E-state index contributed by atoms with van der Waals surface area (Å²) in [7, 11) is 0. The monoisotopic (exact) mass is 255 g/mol. The molecule has 2 aliphatic rings. The molecule has 104 valence electrons. The maximum atomic E-state index is 10.9. The lowest BCUT2D eigenvalue weighted by atomic mass is 9.94. The molecule has 1 aliphatic carbocycles. The van der Waals surface area contributed by atoms with E-state index >= 15 is 0 Å². The van der Waals surface area contributed by atoms with Crippen LogP contribution in [-0.2, 0) is 9.53 Å². The number of carboxylic acid groups (broad SMARTS) is 1. The zero-order valence-electron chi connectivity index (χ0n) is 11.3. The molecule has 4 heteroatoms. The van der Waals surface area contributed by atoms with E-state index in [1.165, 1.54) is 32.1 Å². The van der Waals surface area contributed by atoms with Gasteiger partial charge in [0.15, 0.2) is 6.10 Å². The summed E-state index contributed by atoms with van der Waals surface area (Å²) in [5.74, 6) is -0.807. The molecule has 4 nitrogen and oxygen atoms in total. The molecule has 0 amide bonds. The van der Waals surface area contributed by atoms with E-state index in [1.807, 2.05) is 0 Å². The van der Waals surface area contributed by atoms with E-state index in [2.05, 4.69) is 11.8 Å². The van der Waals surface area contributed by atoms with Crippen molar-refractivity contribution in [1.82, 2.24) is 4.90 Å². The smallest absolute Gasteiger partial charge is 0.332 e. The first-order valence-electron chi connectivity index (χ1n) is 7.33. The molecule has 1 aliphatic heterocycles. The molecule has 1 saturated carbocycles. The normalized spacial score (nSPS) is 29.9. The summed E-state index contributed by atoms with van der Waals surface area (Å²) in [6.07, 6.45) is 7.74. The van der Waals surface area contributed by atoms with Crippen molar-refractivity contribution in [1.29, 1.82) is 0 Å². The Balaban J connectivity index is 1.81.